The molecule has 0 aliphatic carbocycles. The van der Waals surface area contributed by atoms with Crippen LogP contribution in [0.5, 0.6) is 0 Å². The number of carboxylic acid groups (broad SMARTS) is 1. The standard InChI is InChI=1S/C12H21NO6S/c1-10-7-13(8-12(19-10)4-5-18-9-12)20(16,17)6-2-3-11(14)15/h10H,2-9H2,1H3,(H,14,15). The summed E-state index contributed by atoms with van der Waals surface area (Å²) in [6.45, 7) is 3.46. The van der Waals surface area contributed by atoms with Crippen molar-refractivity contribution in [3.05, 3.63) is 0 Å². The molecule has 1 spiro atoms. The van der Waals surface area contributed by atoms with Crippen LogP contribution in [0.15, 0.2) is 0 Å². The van der Waals surface area contributed by atoms with Gasteiger partial charge in [0.2, 0.25) is 10.0 Å². The second-order valence-electron chi connectivity index (χ2n) is 5.52. The van der Waals surface area contributed by atoms with Crippen molar-refractivity contribution in [2.75, 3.05) is 32.1 Å². The van der Waals surface area contributed by atoms with Gasteiger partial charge in [-0.1, -0.05) is 0 Å². The Bertz CT molecular complexity index is 457. The van der Waals surface area contributed by atoms with Gasteiger partial charge in [0.25, 0.3) is 0 Å². The Morgan fingerprint density at radius 2 is 2.25 bits per heavy atom. The Labute approximate surface area is 118 Å². The zero-order valence-electron chi connectivity index (χ0n) is 11.6. The summed E-state index contributed by atoms with van der Waals surface area (Å²) in [5, 5.41) is 8.59. The molecule has 0 bridgehead atoms. The predicted octanol–water partition coefficient (Wildman–Crippen LogP) is 0.0608. The summed E-state index contributed by atoms with van der Waals surface area (Å²) in [7, 11) is -3.44. The Kier molecular flexibility index (Phi) is 4.68. The van der Waals surface area contributed by atoms with Crippen LogP contribution in [-0.2, 0) is 24.3 Å². The maximum atomic E-state index is 12.3. The van der Waals surface area contributed by atoms with Crippen molar-refractivity contribution in [2.24, 2.45) is 0 Å². The quantitative estimate of drug-likeness (QED) is 0.772. The van der Waals surface area contributed by atoms with Gasteiger partial charge in [-0.3, -0.25) is 4.79 Å². The van der Waals surface area contributed by atoms with Crippen molar-refractivity contribution in [1.82, 2.24) is 4.31 Å². The van der Waals surface area contributed by atoms with Crippen LogP contribution in [0.25, 0.3) is 0 Å². The van der Waals surface area contributed by atoms with Crippen LogP contribution in [0.2, 0.25) is 0 Å². The second-order valence-corrected chi connectivity index (χ2v) is 7.61. The lowest BCUT2D eigenvalue weighted by Crippen LogP contribution is -2.57. The second kappa shape index (κ2) is 5.97. The van der Waals surface area contributed by atoms with Gasteiger partial charge in [0.1, 0.15) is 5.60 Å². The van der Waals surface area contributed by atoms with Gasteiger partial charge < -0.3 is 14.6 Å². The lowest BCUT2D eigenvalue weighted by atomic mass is 10.0. The van der Waals surface area contributed by atoms with E-state index in [0.29, 0.717) is 32.7 Å². The maximum Gasteiger partial charge on any atom is 0.303 e. The first-order valence-corrected chi connectivity index (χ1v) is 8.39. The molecule has 0 amide bonds. The van der Waals surface area contributed by atoms with Gasteiger partial charge in [-0.25, -0.2) is 8.42 Å². The minimum absolute atomic E-state index is 0.132. The fraction of sp³-hybridized carbons (Fsp3) is 0.917. The molecule has 2 fully saturated rings. The number of nitrogens with zero attached hydrogens (tertiary/aromatic N) is 1. The summed E-state index contributed by atoms with van der Waals surface area (Å²) in [4.78, 5) is 10.5. The molecule has 20 heavy (non-hydrogen) atoms. The van der Waals surface area contributed by atoms with E-state index in [4.69, 9.17) is 14.6 Å². The first-order chi connectivity index (χ1) is 9.33. The van der Waals surface area contributed by atoms with Crippen LogP contribution < -0.4 is 0 Å². The molecule has 7 nitrogen and oxygen atoms in total. The van der Waals surface area contributed by atoms with E-state index < -0.39 is 21.6 Å². The predicted molar refractivity (Wildman–Crippen MR) is 70.9 cm³/mol. The van der Waals surface area contributed by atoms with E-state index in [0.717, 1.165) is 0 Å². The number of aliphatic carboxylic acids is 1. The Morgan fingerprint density at radius 1 is 1.50 bits per heavy atom. The average molecular weight is 307 g/mol. The Hall–Kier alpha value is -0.700. The molecule has 0 aromatic heterocycles. The van der Waals surface area contributed by atoms with E-state index >= 15 is 0 Å². The fourth-order valence-corrected chi connectivity index (χ4v) is 4.36. The first-order valence-electron chi connectivity index (χ1n) is 6.78. The van der Waals surface area contributed by atoms with E-state index in [1.54, 1.807) is 0 Å². The van der Waals surface area contributed by atoms with Gasteiger partial charge in [-0.2, -0.15) is 4.31 Å². The van der Waals surface area contributed by atoms with Crippen LogP contribution >= 0.6 is 0 Å². The number of morpholine rings is 1. The SMILES string of the molecule is CC1CN(S(=O)(=O)CCCC(=O)O)CC2(CCOC2)O1. The minimum atomic E-state index is -3.44. The van der Waals surface area contributed by atoms with Gasteiger partial charge in [-0.15, -0.1) is 0 Å². The van der Waals surface area contributed by atoms with E-state index in [1.807, 2.05) is 6.92 Å². The molecule has 2 saturated heterocycles. The third kappa shape index (κ3) is 3.69. The van der Waals surface area contributed by atoms with Crippen molar-refractivity contribution in [3.8, 4) is 0 Å². The van der Waals surface area contributed by atoms with Crippen LogP contribution in [0.4, 0.5) is 0 Å². The van der Waals surface area contributed by atoms with Crippen LogP contribution in [-0.4, -0.2) is 67.6 Å². The van der Waals surface area contributed by atoms with Crippen LogP contribution in [0.3, 0.4) is 0 Å². The number of hydrogen-bond donors (Lipinski definition) is 1. The molecule has 2 rings (SSSR count). The number of sulfonamides is 1. The molecular formula is C12H21NO6S. The smallest absolute Gasteiger partial charge is 0.303 e. The highest BCUT2D eigenvalue weighted by Crippen LogP contribution is 2.31. The molecule has 2 atom stereocenters. The molecule has 0 aromatic carbocycles. The lowest BCUT2D eigenvalue weighted by Gasteiger charge is -2.42. The highest BCUT2D eigenvalue weighted by Gasteiger charge is 2.45. The largest absolute Gasteiger partial charge is 0.481 e. The summed E-state index contributed by atoms with van der Waals surface area (Å²) in [5.74, 6) is -1.11. The molecular weight excluding hydrogens is 286 g/mol. The van der Waals surface area contributed by atoms with Crippen molar-refractivity contribution < 1.29 is 27.8 Å². The number of ether oxygens (including phenoxy) is 2. The van der Waals surface area contributed by atoms with Gasteiger partial charge in [0, 0.05) is 32.5 Å². The molecule has 2 unspecified atom stereocenters. The molecule has 1 N–H and O–H groups in total. The molecule has 2 aliphatic heterocycles. The summed E-state index contributed by atoms with van der Waals surface area (Å²) >= 11 is 0. The van der Waals surface area contributed by atoms with Gasteiger partial charge >= 0.3 is 5.97 Å². The number of carboxylic acids is 1. The monoisotopic (exact) mass is 307 g/mol. The molecule has 2 heterocycles. The number of rotatable bonds is 5. The van der Waals surface area contributed by atoms with Gasteiger partial charge in [0.15, 0.2) is 0 Å². The third-order valence-corrected chi connectivity index (χ3v) is 5.50. The Balaban J connectivity index is 2.00. The van der Waals surface area contributed by atoms with E-state index in [9.17, 15) is 13.2 Å². The van der Waals surface area contributed by atoms with Crippen molar-refractivity contribution in [3.63, 3.8) is 0 Å². The van der Waals surface area contributed by atoms with Crippen LogP contribution in [0, 0.1) is 0 Å². The van der Waals surface area contributed by atoms with Gasteiger partial charge in [-0.05, 0) is 13.3 Å². The summed E-state index contributed by atoms with van der Waals surface area (Å²) < 4.78 is 37.2. The summed E-state index contributed by atoms with van der Waals surface area (Å²) in [6.07, 6.45) is 0.512. The normalized spacial score (nSPS) is 31.8. The molecule has 2 aliphatic rings. The first kappa shape index (κ1) is 15.7. The van der Waals surface area contributed by atoms with Crippen molar-refractivity contribution in [1.29, 1.82) is 0 Å². The number of hydrogen-bond acceptors (Lipinski definition) is 5. The van der Waals surface area contributed by atoms with Crippen molar-refractivity contribution in [2.45, 2.75) is 37.9 Å². The zero-order chi connectivity index (χ0) is 14.8. The summed E-state index contributed by atoms with van der Waals surface area (Å²) in [5.41, 5.74) is -0.530. The average Bonchev–Trinajstić information content (AvgIpc) is 2.75. The molecule has 0 aromatic rings. The fourth-order valence-electron chi connectivity index (χ4n) is 2.73. The maximum absolute atomic E-state index is 12.3. The van der Waals surface area contributed by atoms with E-state index in [1.165, 1.54) is 4.31 Å². The lowest BCUT2D eigenvalue weighted by molar-refractivity contribution is -0.137. The highest BCUT2D eigenvalue weighted by molar-refractivity contribution is 7.89. The highest BCUT2D eigenvalue weighted by atomic mass is 32.2. The van der Waals surface area contributed by atoms with Crippen LogP contribution in [0.1, 0.15) is 26.2 Å². The summed E-state index contributed by atoms with van der Waals surface area (Å²) in [6, 6.07) is 0. The topological polar surface area (TPSA) is 93.1 Å². The van der Waals surface area contributed by atoms with Crippen molar-refractivity contribution >= 4 is 16.0 Å². The van der Waals surface area contributed by atoms with Gasteiger partial charge in [0.05, 0.1) is 18.5 Å². The minimum Gasteiger partial charge on any atom is -0.481 e. The Morgan fingerprint density at radius 3 is 2.85 bits per heavy atom. The van der Waals surface area contributed by atoms with E-state index in [2.05, 4.69) is 0 Å². The zero-order valence-corrected chi connectivity index (χ0v) is 12.4. The third-order valence-electron chi connectivity index (χ3n) is 3.63. The molecule has 8 heteroatoms. The van der Waals surface area contributed by atoms with E-state index in [-0.39, 0.29) is 24.7 Å². The molecule has 0 saturated carbocycles. The molecule has 0 radical (unpaired) electrons. The number of carbonyl (C=O) groups is 1. The molecule has 116 valence electrons.